The molecule has 0 unspecified atom stereocenters. The molecule has 1 rings (SSSR count). The molecule has 0 aliphatic carbocycles. The van der Waals surface area contributed by atoms with Crippen molar-refractivity contribution in [2.75, 3.05) is 0 Å². The van der Waals surface area contributed by atoms with Crippen molar-refractivity contribution in [3.05, 3.63) is 35.4 Å². The summed E-state index contributed by atoms with van der Waals surface area (Å²) < 4.78 is 0. The summed E-state index contributed by atoms with van der Waals surface area (Å²) >= 11 is 0. The molecule has 6 heteroatoms. The Kier molecular flexibility index (Phi) is 2.59. The van der Waals surface area contributed by atoms with E-state index in [1.54, 1.807) is 0 Å². The maximum Gasteiger partial charge on any atom is 0.248 e. The number of hydrogen-bond donors (Lipinski definition) is 6. The molecule has 0 spiro atoms. The van der Waals surface area contributed by atoms with Crippen molar-refractivity contribution < 1.29 is 20.4 Å². The van der Waals surface area contributed by atoms with Gasteiger partial charge in [0.05, 0.1) is 0 Å². The van der Waals surface area contributed by atoms with E-state index in [-0.39, 0.29) is 11.1 Å². The Morgan fingerprint density at radius 3 is 1.07 bits per heavy atom. The van der Waals surface area contributed by atoms with Gasteiger partial charge in [0.15, 0.2) is 0 Å². The summed E-state index contributed by atoms with van der Waals surface area (Å²) in [4.78, 5) is 0. The van der Waals surface area contributed by atoms with Crippen LogP contribution in [0.1, 0.15) is 11.1 Å². The van der Waals surface area contributed by atoms with Crippen molar-refractivity contribution in [1.82, 2.24) is 0 Å². The minimum atomic E-state index is -2.44. The Bertz CT molecular complexity index is 277. The molecule has 1 aromatic rings. The van der Waals surface area contributed by atoms with Crippen LogP contribution >= 0.6 is 0 Å². The van der Waals surface area contributed by atoms with Crippen molar-refractivity contribution >= 4 is 0 Å². The summed E-state index contributed by atoms with van der Waals surface area (Å²) in [6.45, 7) is 0. The van der Waals surface area contributed by atoms with Crippen molar-refractivity contribution in [3.8, 4) is 0 Å². The number of nitrogens with two attached hydrogens (primary N) is 2. The molecule has 0 saturated heterocycles. The first-order chi connectivity index (χ1) is 6.21. The van der Waals surface area contributed by atoms with E-state index in [2.05, 4.69) is 0 Å². The monoisotopic (exact) mass is 200 g/mol. The summed E-state index contributed by atoms with van der Waals surface area (Å²) in [5, 5.41) is 35.8. The van der Waals surface area contributed by atoms with E-state index >= 15 is 0 Å². The Morgan fingerprint density at radius 2 is 0.929 bits per heavy atom. The molecule has 0 aliphatic heterocycles. The van der Waals surface area contributed by atoms with Crippen LogP contribution in [0.15, 0.2) is 24.3 Å². The van der Waals surface area contributed by atoms with E-state index in [1.807, 2.05) is 0 Å². The first-order valence-electron chi connectivity index (χ1n) is 3.79. The second-order valence-corrected chi connectivity index (χ2v) is 3.03. The van der Waals surface area contributed by atoms with Gasteiger partial charge in [-0.2, -0.15) is 0 Å². The van der Waals surface area contributed by atoms with Crippen molar-refractivity contribution in [2.24, 2.45) is 11.5 Å². The van der Waals surface area contributed by atoms with Crippen LogP contribution in [0.5, 0.6) is 0 Å². The van der Waals surface area contributed by atoms with Crippen LogP contribution in [0.4, 0.5) is 0 Å². The molecule has 6 nitrogen and oxygen atoms in total. The molecule has 14 heavy (non-hydrogen) atoms. The molecule has 0 aliphatic rings. The molecule has 0 fully saturated rings. The zero-order valence-electron chi connectivity index (χ0n) is 7.25. The minimum absolute atomic E-state index is 0.0190. The zero-order chi connectivity index (χ0) is 11.0. The molecule has 8 N–H and O–H groups in total. The molecule has 78 valence electrons. The van der Waals surface area contributed by atoms with Gasteiger partial charge in [0.1, 0.15) is 0 Å². The molecule has 0 saturated carbocycles. The molecule has 0 radical (unpaired) electrons. The highest BCUT2D eigenvalue weighted by Gasteiger charge is 2.22. The summed E-state index contributed by atoms with van der Waals surface area (Å²) in [6.07, 6.45) is 0. The van der Waals surface area contributed by atoms with Crippen LogP contribution in [-0.4, -0.2) is 20.4 Å². The smallest absolute Gasteiger partial charge is 0.248 e. The van der Waals surface area contributed by atoms with Gasteiger partial charge in [0, 0.05) is 11.1 Å². The van der Waals surface area contributed by atoms with Gasteiger partial charge in [-0.1, -0.05) is 24.3 Å². The molecule has 0 heterocycles. The second-order valence-electron chi connectivity index (χ2n) is 3.03. The fourth-order valence-corrected chi connectivity index (χ4v) is 0.961. The van der Waals surface area contributed by atoms with Gasteiger partial charge in [-0.05, 0) is 0 Å². The third-order valence-corrected chi connectivity index (χ3v) is 1.73. The maximum absolute atomic E-state index is 8.96. The lowest BCUT2D eigenvalue weighted by molar-refractivity contribution is -0.167. The predicted molar refractivity (Wildman–Crippen MR) is 47.0 cm³/mol. The van der Waals surface area contributed by atoms with Gasteiger partial charge in [0.2, 0.25) is 11.8 Å². The van der Waals surface area contributed by atoms with Gasteiger partial charge in [0.25, 0.3) is 0 Å². The quantitative estimate of drug-likeness (QED) is 0.300. The van der Waals surface area contributed by atoms with Crippen LogP contribution in [0.2, 0.25) is 0 Å². The lowest BCUT2D eigenvalue weighted by Gasteiger charge is -2.19. The van der Waals surface area contributed by atoms with Gasteiger partial charge >= 0.3 is 0 Å². The summed E-state index contributed by atoms with van der Waals surface area (Å²) in [5.74, 6) is -4.89. The fourth-order valence-electron chi connectivity index (χ4n) is 0.961. The molecule has 0 amide bonds. The third kappa shape index (κ3) is 2.48. The van der Waals surface area contributed by atoms with E-state index in [4.69, 9.17) is 31.9 Å². The van der Waals surface area contributed by atoms with Crippen molar-refractivity contribution in [1.29, 1.82) is 0 Å². The van der Waals surface area contributed by atoms with Gasteiger partial charge < -0.3 is 20.4 Å². The predicted octanol–water partition coefficient (Wildman–Crippen LogP) is -2.21. The maximum atomic E-state index is 8.96. The SMILES string of the molecule is NC(O)(O)c1ccc(C(N)(O)O)cc1. The molecular weight excluding hydrogens is 188 g/mol. The summed E-state index contributed by atoms with van der Waals surface area (Å²) in [7, 11) is 0. The van der Waals surface area contributed by atoms with Gasteiger partial charge in [-0.25, -0.2) is 0 Å². The Labute approximate surface area is 80.0 Å². The number of benzene rings is 1. The van der Waals surface area contributed by atoms with E-state index in [0.29, 0.717) is 0 Å². The van der Waals surface area contributed by atoms with Gasteiger partial charge in [-0.15, -0.1) is 0 Å². The number of rotatable bonds is 2. The topological polar surface area (TPSA) is 133 Å². The van der Waals surface area contributed by atoms with E-state index in [9.17, 15) is 0 Å². The average Bonchev–Trinajstić information content (AvgIpc) is 2.01. The number of hydrogen-bond acceptors (Lipinski definition) is 6. The largest absolute Gasteiger partial charge is 0.350 e. The lowest BCUT2D eigenvalue weighted by Crippen LogP contribution is -2.37. The highest BCUT2D eigenvalue weighted by molar-refractivity contribution is 5.26. The van der Waals surface area contributed by atoms with Crippen LogP contribution < -0.4 is 11.5 Å². The van der Waals surface area contributed by atoms with E-state index < -0.39 is 11.8 Å². The second kappa shape index (κ2) is 3.28. The van der Waals surface area contributed by atoms with Crippen molar-refractivity contribution in [3.63, 3.8) is 0 Å². The lowest BCUT2D eigenvalue weighted by atomic mass is 10.1. The molecule has 0 atom stereocenters. The van der Waals surface area contributed by atoms with Crippen LogP contribution in [0.25, 0.3) is 0 Å². The van der Waals surface area contributed by atoms with Gasteiger partial charge in [-0.3, -0.25) is 11.5 Å². The summed E-state index contributed by atoms with van der Waals surface area (Å²) in [6, 6.07) is 4.90. The normalized spacial score (nSPS) is 13.0. The van der Waals surface area contributed by atoms with Crippen LogP contribution in [-0.2, 0) is 11.8 Å². The van der Waals surface area contributed by atoms with E-state index in [1.165, 1.54) is 24.3 Å². The summed E-state index contributed by atoms with van der Waals surface area (Å²) in [5.41, 5.74) is 9.98. The Morgan fingerprint density at radius 1 is 0.714 bits per heavy atom. The highest BCUT2D eigenvalue weighted by atomic mass is 16.5. The first-order valence-corrected chi connectivity index (χ1v) is 3.79. The van der Waals surface area contributed by atoms with Crippen molar-refractivity contribution in [2.45, 2.75) is 11.8 Å². The third-order valence-electron chi connectivity index (χ3n) is 1.73. The Balaban J connectivity index is 3.02. The highest BCUT2D eigenvalue weighted by Crippen LogP contribution is 2.17. The fraction of sp³-hybridized carbons (Fsp3) is 0.250. The molecular formula is C8H12N2O4. The standard InChI is InChI=1S/C8H12N2O4/c9-7(11,12)5-1-2-6(4-3-5)8(10,13)14/h1-4,11-14H,9-10H2. The van der Waals surface area contributed by atoms with Crippen LogP contribution in [0, 0.1) is 0 Å². The van der Waals surface area contributed by atoms with E-state index in [0.717, 1.165) is 0 Å². The number of aliphatic hydroxyl groups is 4. The minimum Gasteiger partial charge on any atom is -0.350 e. The molecule has 0 aromatic heterocycles. The Hall–Kier alpha value is -1.02. The first kappa shape index (κ1) is 11.1. The molecule has 0 bridgehead atoms. The average molecular weight is 200 g/mol. The molecule has 1 aromatic carbocycles. The van der Waals surface area contributed by atoms with Crippen LogP contribution in [0.3, 0.4) is 0 Å². The zero-order valence-corrected chi connectivity index (χ0v) is 7.25.